The lowest BCUT2D eigenvalue weighted by Gasteiger charge is -2.09. The van der Waals surface area contributed by atoms with Gasteiger partial charge >= 0.3 is 5.69 Å². The monoisotopic (exact) mass is 305 g/mol. The van der Waals surface area contributed by atoms with Gasteiger partial charge in [0, 0.05) is 22.7 Å². The SMILES string of the molecule is Cc1cc(Oc2cc(Cl)ccc2[N+](=O)[O-])ccc1C(=N)N. The summed E-state index contributed by atoms with van der Waals surface area (Å²) in [5.41, 5.74) is 6.59. The Morgan fingerprint density at radius 3 is 2.62 bits per heavy atom. The molecule has 0 heterocycles. The second kappa shape index (κ2) is 5.80. The number of nitro benzene ring substituents is 1. The number of hydrogen-bond donors (Lipinski definition) is 2. The van der Waals surface area contributed by atoms with E-state index in [9.17, 15) is 10.1 Å². The molecule has 0 aliphatic carbocycles. The van der Waals surface area contributed by atoms with Gasteiger partial charge in [0.05, 0.1) is 4.92 Å². The molecule has 0 saturated carbocycles. The fraction of sp³-hybridized carbons (Fsp3) is 0.0714. The minimum Gasteiger partial charge on any atom is -0.450 e. The number of nitrogen functional groups attached to an aromatic ring is 1. The maximum Gasteiger partial charge on any atom is 0.311 e. The largest absolute Gasteiger partial charge is 0.450 e. The third-order valence-corrected chi connectivity index (χ3v) is 3.07. The highest BCUT2D eigenvalue weighted by Gasteiger charge is 2.16. The molecule has 2 aromatic carbocycles. The van der Waals surface area contributed by atoms with E-state index < -0.39 is 4.92 Å². The number of nitrogens with two attached hydrogens (primary N) is 1. The molecule has 0 unspecified atom stereocenters. The number of nitrogens with zero attached hydrogens (tertiary/aromatic N) is 1. The standard InChI is InChI=1S/C14H12ClN3O3/c1-8-6-10(3-4-11(8)14(16)17)21-13-7-9(15)2-5-12(13)18(19)20/h2-7H,1H3,(H3,16,17). The van der Waals surface area contributed by atoms with Crippen molar-refractivity contribution in [3.63, 3.8) is 0 Å². The summed E-state index contributed by atoms with van der Waals surface area (Å²) in [5.74, 6) is 0.415. The van der Waals surface area contributed by atoms with Gasteiger partial charge in [0.15, 0.2) is 0 Å². The predicted molar refractivity (Wildman–Crippen MR) is 80.4 cm³/mol. The Kier molecular flexibility index (Phi) is 4.09. The lowest BCUT2D eigenvalue weighted by Crippen LogP contribution is -2.12. The highest BCUT2D eigenvalue weighted by molar-refractivity contribution is 6.30. The molecule has 0 aliphatic rings. The first kappa shape index (κ1) is 14.8. The smallest absolute Gasteiger partial charge is 0.311 e. The number of benzene rings is 2. The number of nitro groups is 1. The maximum absolute atomic E-state index is 11.0. The molecular formula is C14H12ClN3O3. The van der Waals surface area contributed by atoms with Gasteiger partial charge in [-0.05, 0) is 36.8 Å². The van der Waals surface area contributed by atoms with Crippen LogP contribution in [0.25, 0.3) is 0 Å². The summed E-state index contributed by atoms with van der Waals surface area (Å²) in [7, 11) is 0. The van der Waals surface area contributed by atoms with Gasteiger partial charge in [0.1, 0.15) is 11.6 Å². The minimum atomic E-state index is -0.539. The first-order valence-electron chi connectivity index (χ1n) is 5.95. The Bertz CT molecular complexity index is 731. The molecule has 0 aliphatic heterocycles. The number of nitrogens with one attached hydrogen (secondary N) is 1. The Morgan fingerprint density at radius 2 is 2.05 bits per heavy atom. The van der Waals surface area contributed by atoms with Gasteiger partial charge in [-0.1, -0.05) is 11.6 Å². The van der Waals surface area contributed by atoms with Crippen molar-refractivity contribution in [2.45, 2.75) is 6.92 Å². The summed E-state index contributed by atoms with van der Waals surface area (Å²) in [5, 5.41) is 18.7. The topological polar surface area (TPSA) is 102 Å². The van der Waals surface area contributed by atoms with Gasteiger partial charge in [0.2, 0.25) is 5.75 Å². The Balaban J connectivity index is 2.38. The van der Waals surface area contributed by atoms with Crippen molar-refractivity contribution in [2.24, 2.45) is 5.73 Å². The molecule has 0 aromatic heterocycles. The van der Waals surface area contributed by atoms with Crippen LogP contribution in [-0.2, 0) is 0 Å². The van der Waals surface area contributed by atoms with E-state index in [1.54, 1.807) is 25.1 Å². The van der Waals surface area contributed by atoms with Crippen LogP contribution in [0.5, 0.6) is 11.5 Å². The second-order valence-electron chi connectivity index (χ2n) is 4.36. The zero-order valence-electron chi connectivity index (χ0n) is 11.1. The van der Waals surface area contributed by atoms with Crippen molar-refractivity contribution in [2.75, 3.05) is 0 Å². The molecule has 6 nitrogen and oxygen atoms in total. The lowest BCUT2D eigenvalue weighted by molar-refractivity contribution is -0.385. The first-order valence-corrected chi connectivity index (χ1v) is 6.33. The number of hydrogen-bond acceptors (Lipinski definition) is 4. The summed E-state index contributed by atoms with van der Waals surface area (Å²) in [6.45, 7) is 1.77. The van der Waals surface area contributed by atoms with Crippen LogP contribution in [0.15, 0.2) is 36.4 Å². The van der Waals surface area contributed by atoms with Crippen LogP contribution in [0.1, 0.15) is 11.1 Å². The molecule has 0 atom stereocenters. The maximum atomic E-state index is 11.0. The zero-order valence-corrected chi connectivity index (χ0v) is 11.8. The number of rotatable bonds is 4. The molecule has 108 valence electrons. The molecule has 7 heteroatoms. The number of halogens is 1. The van der Waals surface area contributed by atoms with E-state index in [1.165, 1.54) is 18.2 Å². The molecule has 2 rings (SSSR count). The van der Waals surface area contributed by atoms with Crippen LogP contribution in [0, 0.1) is 22.4 Å². The van der Waals surface area contributed by atoms with E-state index in [1.807, 2.05) is 0 Å². The van der Waals surface area contributed by atoms with E-state index >= 15 is 0 Å². The second-order valence-corrected chi connectivity index (χ2v) is 4.80. The van der Waals surface area contributed by atoms with Crippen molar-refractivity contribution in [3.8, 4) is 11.5 Å². The molecule has 3 N–H and O–H groups in total. The van der Waals surface area contributed by atoms with E-state index in [4.69, 9.17) is 27.5 Å². The predicted octanol–water partition coefficient (Wildman–Crippen LogP) is 3.63. The highest BCUT2D eigenvalue weighted by atomic mass is 35.5. The van der Waals surface area contributed by atoms with Crippen molar-refractivity contribution in [1.29, 1.82) is 5.41 Å². The van der Waals surface area contributed by atoms with E-state index in [2.05, 4.69) is 0 Å². The Hall–Kier alpha value is -2.60. The lowest BCUT2D eigenvalue weighted by atomic mass is 10.1. The van der Waals surface area contributed by atoms with Crippen LogP contribution in [0.4, 0.5) is 5.69 Å². The van der Waals surface area contributed by atoms with Crippen LogP contribution in [0.3, 0.4) is 0 Å². The molecule has 0 amide bonds. The number of aryl methyl sites for hydroxylation is 1. The van der Waals surface area contributed by atoms with Crippen molar-refractivity contribution < 1.29 is 9.66 Å². The Morgan fingerprint density at radius 1 is 1.33 bits per heavy atom. The molecule has 0 bridgehead atoms. The van der Waals surface area contributed by atoms with Gasteiger partial charge in [-0.15, -0.1) is 0 Å². The van der Waals surface area contributed by atoms with Crippen molar-refractivity contribution in [1.82, 2.24) is 0 Å². The quantitative estimate of drug-likeness (QED) is 0.389. The third-order valence-electron chi connectivity index (χ3n) is 2.83. The van der Waals surface area contributed by atoms with Crippen LogP contribution < -0.4 is 10.5 Å². The van der Waals surface area contributed by atoms with Crippen LogP contribution in [0.2, 0.25) is 5.02 Å². The van der Waals surface area contributed by atoms with Crippen LogP contribution in [-0.4, -0.2) is 10.8 Å². The number of amidine groups is 1. The average Bonchev–Trinajstić information content (AvgIpc) is 2.37. The van der Waals surface area contributed by atoms with E-state index in [0.29, 0.717) is 16.3 Å². The van der Waals surface area contributed by atoms with Gasteiger partial charge in [0.25, 0.3) is 0 Å². The van der Waals surface area contributed by atoms with E-state index in [-0.39, 0.29) is 17.3 Å². The highest BCUT2D eigenvalue weighted by Crippen LogP contribution is 2.34. The summed E-state index contributed by atoms with van der Waals surface area (Å²) >= 11 is 5.84. The number of ether oxygens (including phenoxy) is 1. The molecule has 21 heavy (non-hydrogen) atoms. The van der Waals surface area contributed by atoms with E-state index in [0.717, 1.165) is 5.56 Å². The van der Waals surface area contributed by atoms with Crippen molar-refractivity contribution in [3.05, 3.63) is 62.7 Å². The molecule has 0 radical (unpaired) electrons. The van der Waals surface area contributed by atoms with Gasteiger partial charge < -0.3 is 10.5 Å². The summed E-state index contributed by atoms with van der Waals surface area (Å²) < 4.78 is 5.53. The van der Waals surface area contributed by atoms with Gasteiger partial charge in [-0.2, -0.15) is 0 Å². The molecule has 2 aromatic rings. The molecule has 0 saturated heterocycles. The summed E-state index contributed by atoms with van der Waals surface area (Å²) in [6.07, 6.45) is 0. The minimum absolute atomic E-state index is 0.0483. The summed E-state index contributed by atoms with van der Waals surface area (Å²) in [4.78, 5) is 10.4. The fourth-order valence-electron chi connectivity index (χ4n) is 1.85. The fourth-order valence-corrected chi connectivity index (χ4v) is 2.01. The van der Waals surface area contributed by atoms with Gasteiger partial charge in [-0.3, -0.25) is 15.5 Å². The third kappa shape index (κ3) is 3.29. The zero-order chi connectivity index (χ0) is 15.6. The van der Waals surface area contributed by atoms with Crippen LogP contribution >= 0.6 is 11.6 Å². The average molecular weight is 306 g/mol. The molecule has 0 fully saturated rings. The molecular weight excluding hydrogens is 294 g/mol. The van der Waals surface area contributed by atoms with Gasteiger partial charge in [-0.25, -0.2) is 0 Å². The van der Waals surface area contributed by atoms with Crippen molar-refractivity contribution >= 4 is 23.1 Å². The normalized spacial score (nSPS) is 10.2. The summed E-state index contributed by atoms with van der Waals surface area (Å²) in [6, 6.07) is 8.97. The first-order chi connectivity index (χ1) is 9.88. The molecule has 0 spiro atoms. The Labute approximate surface area is 125 Å².